The van der Waals surface area contributed by atoms with Crippen LogP contribution < -0.4 is 4.74 Å². The molecule has 1 heterocycles. The van der Waals surface area contributed by atoms with Crippen molar-refractivity contribution in [1.29, 1.82) is 0 Å². The lowest BCUT2D eigenvalue weighted by Crippen LogP contribution is -2.49. The van der Waals surface area contributed by atoms with Crippen LogP contribution in [0.3, 0.4) is 0 Å². The summed E-state index contributed by atoms with van der Waals surface area (Å²) in [5.74, 6) is 6.47. The summed E-state index contributed by atoms with van der Waals surface area (Å²) >= 11 is 0. The smallest absolute Gasteiger partial charge is 0.247 e. The van der Waals surface area contributed by atoms with Gasteiger partial charge < -0.3 is 9.84 Å². The number of aliphatic hydroxyl groups is 1. The van der Waals surface area contributed by atoms with Crippen molar-refractivity contribution in [2.24, 2.45) is 11.8 Å². The summed E-state index contributed by atoms with van der Waals surface area (Å²) in [6.07, 6.45) is 0.363. The molecule has 2 aromatic carbocycles. The molecule has 8 heteroatoms. The van der Waals surface area contributed by atoms with Gasteiger partial charge in [-0.1, -0.05) is 50.8 Å². The van der Waals surface area contributed by atoms with Crippen molar-refractivity contribution in [3.8, 4) is 17.6 Å². The number of sulfonamides is 1. The zero-order valence-electron chi connectivity index (χ0n) is 21.7. The first-order valence-corrected chi connectivity index (χ1v) is 13.8. The van der Waals surface area contributed by atoms with E-state index >= 15 is 0 Å². The van der Waals surface area contributed by atoms with Crippen LogP contribution in [-0.2, 0) is 16.6 Å². The third-order valence-electron chi connectivity index (χ3n) is 6.30. The monoisotopic (exact) mass is 516 g/mol. The summed E-state index contributed by atoms with van der Waals surface area (Å²) < 4.78 is 49.1. The van der Waals surface area contributed by atoms with Crippen LogP contribution in [0.1, 0.15) is 45.2 Å². The number of aliphatic hydroxyl groups excluding tert-OH is 1. The second-order valence-corrected chi connectivity index (χ2v) is 11.9. The van der Waals surface area contributed by atoms with Crippen LogP contribution in [0.2, 0.25) is 0 Å². The number of rotatable bonds is 7. The largest absolute Gasteiger partial charge is 0.487 e. The molecule has 1 aliphatic rings. The van der Waals surface area contributed by atoms with Crippen molar-refractivity contribution in [3.05, 3.63) is 59.4 Å². The van der Waals surface area contributed by atoms with Crippen molar-refractivity contribution in [1.82, 2.24) is 9.21 Å². The van der Waals surface area contributed by atoms with Crippen molar-refractivity contribution < 1.29 is 22.7 Å². The average Bonchev–Trinajstić information content (AvgIpc) is 2.82. The second-order valence-electron chi connectivity index (χ2n) is 10.1. The molecule has 0 bridgehead atoms. The highest BCUT2D eigenvalue weighted by Crippen LogP contribution is 2.34. The Balaban J connectivity index is 1.97. The number of fused-ring (bicyclic) bond motifs is 1. The Kier molecular flexibility index (Phi) is 9.53. The molecule has 0 saturated carbocycles. The van der Waals surface area contributed by atoms with Crippen LogP contribution in [0, 0.1) is 29.5 Å². The number of likely N-dealkylation sites (N-methyl/N-ethyl adjacent to an activating group) is 1. The predicted octanol–water partition coefficient (Wildman–Crippen LogP) is 4.12. The maximum absolute atomic E-state index is 14.2. The molecule has 0 spiro atoms. The van der Waals surface area contributed by atoms with E-state index in [0.717, 1.165) is 6.42 Å². The molecular weight excluding hydrogens is 479 g/mol. The van der Waals surface area contributed by atoms with Gasteiger partial charge in [0.1, 0.15) is 22.6 Å². The third kappa shape index (κ3) is 6.86. The first-order chi connectivity index (χ1) is 17.0. The normalized spacial score (nSPS) is 20.6. The molecule has 0 aliphatic carbocycles. The quantitative estimate of drug-likeness (QED) is 0.561. The van der Waals surface area contributed by atoms with Gasteiger partial charge in [0.25, 0.3) is 0 Å². The number of ether oxygens (including phenoxy) is 1. The minimum atomic E-state index is -3.91. The number of hydrogen-bond donors (Lipinski definition) is 1. The van der Waals surface area contributed by atoms with Gasteiger partial charge in [0.2, 0.25) is 10.0 Å². The van der Waals surface area contributed by atoms with Gasteiger partial charge in [0, 0.05) is 49.1 Å². The summed E-state index contributed by atoms with van der Waals surface area (Å²) in [5.41, 5.74) is 1.26. The lowest BCUT2D eigenvalue weighted by molar-refractivity contribution is 0.0731. The van der Waals surface area contributed by atoms with Crippen LogP contribution in [0.5, 0.6) is 5.75 Å². The zero-order valence-corrected chi connectivity index (χ0v) is 22.6. The van der Waals surface area contributed by atoms with Crippen molar-refractivity contribution in [3.63, 3.8) is 0 Å². The lowest BCUT2D eigenvalue weighted by Gasteiger charge is -2.37. The van der Waals surface area contributed by atoms with E-state index in [-0.39, 0.29) is 41.6 Å². The highest BCUT2D eigenvalue weighted by atomic mass is 32.2. The van der Waals surface area contributed by atoms with E-state index in [0.29, 0.717) is 30.1 Å². The molecule has 2 aromatic rings. The fourth-order valence-corrected chi connectivity index (χ4v) is 5.99. The molecule has 3 atom stereocenters. The second kappa shape index (κ2) is 12.2. The molecule has 0 aromatic heterocycles. The summed E-state index contributed by atoms with van der Waals surface area (Å²) in [4.78, 5) is 2.03. The first-order valence-electron chi connectivity index (χ1n) is 12.4. The van der Waals surface area contributed by atoms with Gasteiger partial charge in [-0.15, -0.1) is 0 Å². The number of halogens is 1. The van der Waals surface area contributed by atoms with Crippen LogP contribution in [0.4, 0.5) is 4.39 Å². The summed E-state index contributed by atoms with van der Waals surface area (Å²) in [6.45, 7) is 8.55. The summed E-state index contributed by atoms with van der Waals surface area (Å²) in [6, 6.07) is 11.0. The Labute approximate surface area is 215 Å². The van der Waals surface area contributed by atoms with Gasteiger partial charge in [-0.2, -0.15) is 4.31 Å². The van der Waals surface area contributed by atoms with Crippen molar-refractivity contribution in [2.45, 2.75) is 57.7 Å². The molecule has 3 rings (SSSR count). The maximum Gasteiger partial charge on any atom is 0.247 e. The van der Waals surface area contributed by atoms with Gasteiger partial charge in [-0.25, -0.2) is 12.8 Å². The Morgan fingerprint density at radius 3 is 2.61 bits per heavy atom. The van der Waals surface area contributed by atoms with Crippen LogP contribution in [-0.4, -0.2) is 61.6 Å². The number of benzene rings is 2. The lowest BCUT2D eigenvalue weighted by atomic mass is 10.0. The number of hydrogen-bond acceptors (Lipinski definition) is 5. The molecule has 196 valence electrons. The van der Waals surface area contributed by atoms with Gasteiger partial charge >= 0.3 is 0 Å². The van der Waals surface area contributed by atoms with Gasteiger partial charge in [0.15, 0.2) is 0 Å². The van der Waals surface area contributed by atoms with Gasteiger partial charge in [-0.05, 0) is 44.2 Å². The highest BCUT2D eigenvalue weighted by Gasteiger charge is 2.38. The Hall–Kier alpha value is -2.44. The van der Waals surface area contributed by atoms with Gasteiger partial charge in [-0.3, -0.25) is 4.90 Å². The topological polar surface area (TPSA) is 70.1 Å². The Morgan fingerprint density at radius 1 is 1.22 bits per heavy atom. The molecule has 6 nitrogen and oxygen atoms in total. The standard InChI is InChI=1S/C28H37FN2O4S/c1-20(2)9-8-10-23-13-14-28-26(15-23)35-27(18-30(5)17-24-11-6-7-12-25(24)29)21(3)16-31(22(4)19-32)36(28,33)34/h6-7,11-15,20-22,27,32H,9,16-19H2,1-5H3/t21-,22+,27+/m1/s1. The van der Waals surface area contributed by atoms with E-state index in [1.807, 2.05) is 18.9 Å². The molecule has 1 aliphatic heterocycles. The molecule has 36 heavy (non-hydrogen) atoms. The zero-order chi connectivity index (χ0) is 26.5. The van der Waals surface area contributed by atoms with E-state index in [1.165, 1.54) is 16.4 Å². The van der Waals surface area contributed by atoms with E-state index in [1.54, 1.807) is 37.3 Å². The van der Waals surface area contributed by atoms with Crippen LogP contribution in [0.15, 0.2) is 47.4 Å². The van der Waals surface area contributed by atoms with Crippen LogP contribution in [0.25, 0.3) is 0 Å². The predicted molar refractivity (Wildman–Crippen MR) is 140 cm³/mol. The van der Waals surface area contributed by atoms with Gasteiger partial charge in [0.05, 0.1) is 6.61 Å². The summed E-state index contributed by atoms with van der Waals surface area (Å²) in [5, 5.41) is 9.80. The molecule has 0 saturated heterocycles. The maximum atomic E-state index is 14.2. The molecule has 0 radical (unpaired) electrons. The van der Waals surface area contributed by atoms with Crippen molar-refractivity contribution in [2.75, 3.05) is 26.7 Å². The fraction of sp³-hybridized carbons (Fsp3) is 0.500. The molecule has 0 amide bonds. The van der Waals surface area contributed by atoms with E-state index in [9.17, 15) is 17.9 Å². The van der Waals surface area contributed by atoms with Crippen LogP contribution >= 0.6 is 0 Å². The van der Waals surface area contributed by atoms with E-state index in [2.05, 4.69) is 25.7 Å². The Morgan fingerprint density at radius 2 is 1.94 bits per heavy atom. The number of nitrogens with zero attached hydrogens (tertiary/aromatic N) is 2. The molecule has 1 N–H and O–H groups in total. The average molecular weight is 517 g/mol. The molecule has 0 unspecified atom stereocenters. The van der Waals surface area contributed by atoms with E-state index < -0.39 is 16.1 Å². The minimum Gasteiger partial charge on any atom is -0.487 e. The van der Waals surface area contributed by atoms with Crippen molar-refractivity contribution >= 4 is 10.0 Å². The fourth-order valence-electron chi connectivity index (χ4n) is 4.17. The first kappa shape index (κ1) is 28.1. The molecular formula is C28H37FN2O4S. The van der Waals surface area contributed by atoms with E-state index in [4.69, 9.17) is 4.74 Å². The SMILES string of the molecule is CC(C)CC#Cc1ccc2c(c1)O[C@@H](CN(C)Cc1ccccc1F)[C@H](C)CN([C@@H](C)CO)S2(=O)=O. The Bertz CT molecular complexity index is 1210. The highest BCUT2D eigenvalue weighted by molar-refractivity contribution is 7.89. The molecule has 0 fully saturated rings. The third-order valence-corrected chi connectivity index (χ3v) is 8.32. The minimum absolute atomic E-state index is 0.0610. The summed E-state index contributed by atoms with van der Waals surface area (Å²) in [7, 11) is -2.02.